The van der Waals surface area contributed by atoms with Gasteiger partial charge in [-0.1, -0.05) is 22.9 Å². The second-order valence-electron chi connectivity index (χ2n) is 3.90. The van der Waals surface area contributed by atoms with E-state index < -0.39 is 22.0 Å². The van der Waals surface area contributed by atoms with Crippen molar-refractivity contribution in [2.45, 2.75) is 30.7 Å². The molecule has 106 valence electrons. The van der Waals surface area contributed by atoms with Crippen molar-refractivity contribution in [2.24, 2.45) is 0 Å². The minimum atomic E-state index is -3.76. The van der Waals surface area contributed by atoms with Crippen molar-refractivity contribution in [1.82, 2.24) is 4.72 Å². The Labute approximate surface area is 128 Å². The van der Waals surface area contributed by atoms with Gasteiger partial charge >= 0.3 is 5.97 Å². The molecule has 0 aliphatic carbocycles. The lowest BCUT2D eigenvalue weighted by Gasteiger charge is -2.16. The smallest absolute Gasteiger partial charge is 0.304 e. The summed E-state index contributed by atoms with van der Waals surface area (Å²) in [5.74, 6) is -1.04. The highest BCUT2D eigenvalue weighted by molar-refractivity contribution is 9.11. The minimum absolute atomic E-state index is 0.0747. The number of nitrogens with one attached hydrogen (secondary N) is 1. The van der Waals surface area contributed by atoms with Gasteiger partial charge in [-0.05, 0) is 40.5 Å². The number of carboxylic acids is 1. The summed E-state index contributed by atoms with van der Waals surface area (Å²) in [7, 11) is -3.76. The summed E-state index contributed by atoms with van der Waals surface area (Å²) >= 11 is 6.38. The molecule has 0 amide bonds. The first-order chi connectivity index (χ1) is 8.76. The van der Waals surface area contributed by atoms with Crippen molar-refractivity contribution in [2.75, 3.05) is 0 Å². The molecule has 0 saturated heterocycles. The van der Waals surface area contributed by atoms with E-state index in [1.807, 2.05) is 0 Å². The Morgan fingerprint density at radius 3 is 2.58 bits per heavy atom. The second kappa shape index (κ2) is 6.83. The van der Waals surface area contributed by atoms with Gasteiger partial charge in [0.05, 0.1) is 11.3 Å². The predicted octanol–water partition coefficient (Wildman–Crippen LogP) is 2.74. The quantitative estimate of drug-likeness (QED) is 0.749. The van der Waals surface area contributed by atoms with Crippen LogP contribution in [0, 0.1) is 0 Å². The molecule has 1 rings (SSSR count). The van der Waals surface area contributed by atoms with Crippen LogP contribution in [0.25, 0.3) is 0 Å². The zero-order chi connectivity index (χ0) is 14.6. The van der Waals surface area contributed by atoms with Crippen LogP contribution in [0.4, 0.5) is 0 Å². The van der Waals surface area contributed by atoms with Crippen LogP contribution < -0.4 is 4.72 Å². The summed E-state index contributed by atoms with van der Waals surface area (Å²) in [6.45, 7) is 1.73. The SMILES string of the molecule is CCC(CC(=O)O)NS(=O)(=O)c1cc(Br)ccc1Br. The Hall–Kier alpha value is -0.440. The average molecular weight is 415 g/mol. The average Bonchev–Trinajstić information content (AvgIpc) is 2.30. The number of carbonyl (C=O) groups is 1. The lowest BCUT2D eigenvalue weighted by atomic mass is 10.2. The van der Waals surface area contributed by atoms with Crippen molar-refractivity contribution in [3.63, 3.8) is 0 Å². The molecule has 1 aromatic rings. The molecule has 0 fully saturated rings. The third kappa shape index (κ3) is 4.87. The maximum atomic E-state index is 12.2. The lowest BCUT2D eigenvalue weighted by molar-refractivity contribution is -0.137. The van der Waals surface area contributed by atoms with E-state index in [1.165, 1.54) is 6.07 Å². The zero-order valence-electron chi connectivity index (χ0n) is 10.1. The van der Waals surface area contributed by atoms with Gasteiger partial charge < -0.3 is 5.11 Å². The maximum Gasteiger partial charge on any atom is 0.304 e. The minimum Gasteiger partial charge on any atom is -0.481 e. The highest BCUT2D eigenvalue weighted by Crippen LogP contribution is 2.26. The van der Waals surface area contributed by atoms with Crippen molar-refractivity contribution < 1.29 is 18.3 Å². The van der Waals surface area contributed by atoms with Gasteiger partial charge in [0.1, 0.15) is 0 Å². The first-order valence-electron chi connectivity index (χ1n) is 5.45. The largest absolute Gasteiger partial charge is 0.481 e. The number of aliphatic carboxylic acids is 1. The Kier molecular flexibility index (Phi) is 5.97. The Morgan fingerprint density at radius 2 is 2.05 bits per heavy atom. The topological polar surface area (TPSA) is 83.5 Å². The summed E-state index contributed by atoms with van der Waals surface area (Å²) in [6, 6.07) is 4.14. The third-order valence-electron chi connectivity index (χ3n) is 2.42. The summed E-state index contributed by atoms with van der Waals surface area (Å²) in [6.07, 6.45) is 0.151. The van der Waals surface area contributed by atoms with Gasteiger partial charge in [-0.25, -0.2) is 13.1 Å². The normalized spacial score (nSPS) is 13.2. The monoisotopic (exact) mass is 413 g/mol. The summed E-state index contributed by atoms with van der Waals surface area (Å²) < 4.78 is 27.9. The standard InChI is InChI=1S/C11H13Br2NO4S/c1-2-8(6-11(15)16)14-19(17,18)10-5-7(12)3-4-9(10)13/h3-5,8,14H,2,6H2,1H3,(H,15,16). The van der Waals surface area contributed by atoms with Crippen LogP contribution in [-0.4, -0.2) is 25.5 Å². The lowest BCUT2D eigenvalue weighted by Crippen LogP contribution is -2.36. The number of hydrogen-bond donors (Lipinski definition) is 2. The zero-order valence-corrected chi connectivity index (χ0v) is 14.0. The molecule has 0 aliphatic rings. The molecule has 0 aromatic heterocycles. The van der Waals surface area contributed by atoms with Crippen LogP contribution >= 0.6 is 31.9 Å². The molecule has 1 atom stereocenters. The van der Waals surface area contributed by atoms with E-state index in [0.717, 1.165) is 0 Å². The fraction of sp³-hybridized carbons (Fsp3) is 0.364. The fourth-order valence-electron chi connectivity index (χ4n) is 1.45. The molecule has 1 aromatic carbocycles. The van der Waals surface area contributed by atoms with E-state index >= 15 is 0 Å². The van der Waals surface area contributed by atoms with Gasteiger partial charge in [0.15, 0.2) is 0 Å². The molecule has 0 aliphatic heterocycles. The number of hydrogen-bond acceptors (Lipinski definition) is 3. The van der Waals surface area contributed by atoms with Crippen molar-refractivity contribution >= 4 is 47.9 Å². The Bertz CT molecular complexity index is 574. The summed E-state index contributed by atoms with van der Waals surface area (Å²) in [5.41, 5.74) is 0. The van der Waals surface area contributed by atoms with Crippen molar-refractivity contribution in [3.8, 4) is 0 Å². The number of carboxylic acid groups (broad SMARTS) is 1. The van der Waals surface area contributed by atoms with Crippen LogP contribution in [0.2, 0.25) is 0 Å². The molecule has 0 heterocycles. The van der Waals surface area contributed by atoms with E-state index in [9.17, 15) is 13.2 Å². The van der Waals surface area contributed by atoms with E-state index in [1.54, 1.807) is 19.1 Å². The maximum absolute atomic E-state index is 12.2. The Morgan fingerprint density at radius 1 is 1.42 bits per heavy atom. The number of halogens is 2. The molecule has 0 bridgehead atoms. The third-order valence-corrected chi connectivity index (χ3v) is 5.43. The molecule has 19 heavy (non-hydrogen) atoms. The number of sulfonamides is 1. The highest BCUT2D eigenvalue weighted by atomic mass is 79.9. The number of benzene rings is 1. The molecule has 1 unspecified atom stereocenters. The van der Waals surface area contributed by atoms with Gasteiger partial charge in [-0.3, -0.25) is 4.79 Å². The summed E-state index contributed by atoms with van der Waals surface area (Å²) in [4.78, 5) is 10.7. The molecule has 0 saturated carbocycles. The van der Waals surface area contributed by atoms with Crippen molar-refractivity contribution in [3.05, 3.63) is 27.1 Å². The fourth-order valence-corrected chi connectivity index (χ4v) is 4.27. The molecular weight excluding hydrogens is 402 g/mol. The molecule has 8 heteroatoms. The second-order valence-corrected chi connectivity index (χ2v) is 7.35. The number of rotatable bonds is 6. The van der Waals surface area contributed by atoms with Crippen LogP contribution in [0.15, 0.2) is 32.0 Å². The van der Waals surface area contributed by atoms with E-state index in [2.05, 4.69) is 36.6 Å². The summed E-state index contributed by atoms with van der Waals surface area (Å²) in [5, 5.41) is 8.73. The van der Waals surface area contributed by atoms with E-state index in [0.29, 0.717) is 15.4 Å². The van der Waals surface area contributed by atoms with Gasteiger partial charge in [-0.2, -0.15) is 0 Å². The van der Waals surface area contributed by atoms with Crippen molar-refractivity contribution in [1.29, 1.82) is 0 Å². The van der Waals surface area contributed by atoms with Gasteiger partial charge in [0.2, 0.25) is 10.0 Å². The highest BCUT2D eigenvalue weighted by Gasteiger charge is 2.23. The first-order valence-corrected chi connectivity index (χ1v) is 8.52. The van der Waals surface area contributed by atoms with Gasteiger partial charge in [-0.15, -0.1) is 0 Å². The van der Waals surface area contributed by atoms with Crippen LogP contribution in [0.5, 0.6) is 0 Å². The van der Waals surface area contributed by atoms with Gasteiger partial charge in [0, 0.05) is 15.0 Å². The van der Waals surface area contributed by atoms with Crippen LogP contribution in [0.3, 0.4) is 0 Å². The van der Waals surface area contributed by atoms with Gasteiger partial charge in [0.25, 0.3) is 0 Å². The van der Waals surface area contributed by atoms with Crippen LogP contribution in [-0.2, 0) is 14.8 Å². The molecule has 5 nitrogen and oxygen atoms in total. The van der Waals surface area contributed by atoms with Crippen LogP contribution in [0.1, 0.15) is 19.8 Å². The predicted molar refractivity (Wildman–Crippen MR) is 78.5 cm³/mol. The van der Waals surface area contributed by atoms with E-state index in [4.69, 9.17) is 5.11 Å². The molecular formula is C11H13Br2NO4S. The Balaban J connectivity index is 3.03. The molecule has 0 radical (unpaired) electrons. The first kappa shape index (κ1) is 16.6. The molecule has 2 N–H and O–H groups in total. The van der Waals surface area contributed by atoms with E-state index in [-0.39, 0.29) is 11.3 Å². The molecule has 0 spiro atoms.